The summed E-state index contributed by atoms with van der Waals surface area (Å²) in [4.78, 5) is 10.3. The van der Waals surface area contributed by atoms with Crippen LogP contribution in [0.15, 0.2) is 36.4 Å². The van der Waals surface area contributed by atoms with Crippen molar-refractivity contribution in [1.82, 2.24) is 0 Å². The SMILES string of the molecule is Cc1ccc(Oc2cc(N)cc([N+](=O)[O-])c2)cc1C. The number of nitrogens with zero attached hydrogens (tertiary/aromatic N) is 1. The van der Waals surface area contributed by atoms with E-state index < -0.39 is 4.92 Å². The van der Waals surface area contributed by atoms with Crippen LogP contribution >= 0.6 is 0 Å². The lowest BCUT2D eigenvalue weighted by atomic mass is 10.1. The first-order chi connectivity index (χ1) is 8.95. The summed E-state index contributed by atoms with van der Waals surface area (Å²) in [6.07, 6.45) is 0. The number of nitro groups is 1. The van der Waals surface area contributed by atoms with Crippen LogP contribution in [0, 0.1) is 24.0 Å². The monoisotopic (exact) mass is 258 g/mol. The lowest BCUT2D eigenvalue weighted by Gasteiger charge is -2.08. The van der Waals surface area contributed by atoms with Gasteiger partial charge < -0.3 is 10.5 Å². The van der Waals surface area contributed by atoms with E-state index >= 15 is 0 Å². The lowest BCUT2D eigenvalue weighted by molar-refractivity contribution is -0.384. The van der Waals surface area contributed by atoms with E-state index in [1.165, 1.54) is 12.1 Å². The summed E-state index contributed by atoms with van der Waals surface area (Å²) in [6, 6.07) is 9.84. The van der Waals surface area contributed by atoms with Crippen molar-refractivity contribution in [2.75, 3.05) is 5.73 Å². The zero-order chi connectivity index (χ0) is 14.0. The van der Waals surface area contributed by atoms with Gasteiger partial charge in [-0.2, -0.15) is 0 Å². The molecule has 0 saturated carbocycles. The largest absolute Gasteiger partial charge is 0.457 e. The number of nitrogen functional groups attached to an aromatic ring is 1. The van der Waals surface area contributed by atoms with Gasteiger partial charge in [0.05, 0.1) is 11.0 Å². The van der Waals surface area contributed by atoms with Gasteiger partial charge in [0.25, 0.3) is 5.69 Å². The molecule has 0 aromatic heterocycles. The van der Waals surface area contributed by atoms with Crippen LogP contribution in [0.3, 0.4) is 0 Å². The fraction of sp³-hybridized carbons (Fsp3) is 0.143. The van der Waals surface area contributed by atoms with Crippen molar-refractivity contribution >= 4 is 11.4 Å². The smallest absolute Gasteiger partial charge is 0.275 e. The molecule has 2 rings (SSSR count). The molecule has 2 aromatic carbocycles. The number of hydrogen-bond donors (Lipinski definition) is 1. The standard InChI is InChI=1S/C14H14N2O3/c1-9-3-4-13(5-10(9)2)19-14-7-11(15)6-12(8-14)16(17)18/h3-8H,15H2,1-2H3. The van der Waals surface area contributed by atoms with E-state index in [9.17, 15) is 10.1 Å². The number of anilines is 1. The maximum Gasteiger partial charge on any atom is 0.275 e. The van der Waals surface area contributed by atoms with Crippen molar-refractivity contribution in [2.45, 2.75) is 13.8 Å². The van der Waals surface area contributed by atoms with Crippen LogP contribution in [0.4, 0.5) is 11.4 Å². The first kappa shape index (κ1) is 12.9. The molecule has 0 amide bonds. The van der Waals surface area contributed by atoms with Crippen LogP contribution in [0.1, 0.15) is 11.1 Å². The highest BCUT2D eigenvalue weighted by molar-refractivity contribution is 5.54. The summed E-state index contributed by atoms with van der Waals surface area (Å²) in [7, 11) is 0. The molecule has 98 valence electrons. The highest BCUT2D eigenvalue weighted by atomic mass is 16.6. The van der Waals surface area contributed by atoms with E-state index in [-0.39, 0.29) is 5.69 Å². The fourth-order valence-corrected chi connectivity index (χ4v) is 1.68. The van der Waals surface area contributed by atoms with Gasteiger partial charge in [-0.1, -0.05) is 6.07 Å². The van der Waals surface area contributed by atoms with Crippen molar-refractivity contribution in [3.63, 3.8) is 0 Å². The second-order valence-electron chi connectivity index (χ2n) is 4.37. The number of hydrogen-bond acceptors (Lipinski definition) is 4. The molecular formula is C14H14N2O3. The minimum absolute atomic E-state index is 0.0844. The third-order valence-electron chi connectivity index (χ3n) is 2.84. The molecule has 0 bridgehead atoms. The number of rotatable bonds is 3. The highest BCUT2D eigenvalue weighted by Gasteiger charge is 2.10. The Morgan fingerprint density at radius 3 is 2.42 bits per heavy atom. The fourth-order valence-electron chi connectivity index (χ4n) is 1.68. The third kappa shape index (κ3) is 3.01. The van der Waals surface area contributed by atoms with Crippen molar-refractivity contribution in [3.8, 4) is 11.5 Å². The molecule has 0 spiro atoms. The molecule has 0 atom stereocenters. The Labute approximate surface area is 110 Å². The van der Waals surface area contributed by atoms with Crippen LogP contribution in [-0.2, 0) is 0 Å². The molecule has 0 aliphatic rings. The maximum absolute atomic E-state index is 10.8. The van der Waals surface area contributed by atoms with Gasteiger partial charge in [0.15, 0.2) is 0 Å². The van der Waals surface area contributed by atoms with Crippen LogP contribution in [0.5, 0.6) is 11.5 Å². The quantitative estimate of drug-likeness (QED) is 0.518. The molecular weight excluding hydrogens is 244 g/mol. The zero-order valence-corrected chi connectivity index (χ0v) is 10.7. The van der Waals surface area contributed by atoms with Gasteiger partial charge in [-0.15, -0.1) is 0 Å². The first-order valence-corrected chi connectivity index (χ1v) is 5.76. The Morgan fingerprint density at radius 1 is 1.05 bits per heavy atom. The van der Waals surface area contributed by atoms with Crippen molar-refractivity contribution < 1.29 is 9.66 Å². The Morgan fingerprint density at radius 2 is 1.79 bits per heavy atom. The number of aryl methyl sites for hydroxylation is 2. The predicted octanol–water partition coefficient (Wildman–Crippen LogP) is 3.59. The predicted molar refractivity (Wildman–Crippen MR) is 73.5 cm³/mol. The molecule has 0 unspecified atom stereocenters. The van der Waals surface area contributed by atoms with Gasteiger partial charge in [-0.25, -0.2) is 0 Å². The summed E-state index contributed by atoms with van der Waals surface area (Å²) in [5.74, 6) is 0.984. The second kappa shape index (κ2) is 4.97. The Hall–Kier alpha value is -2.56. The molecule has 0 fully saturated rings. The van der Waals surface area contributed by atoms with Crippen molar-refractivity contribution in [2.24, 2.45) is 0 Å². The first-order valence-electron chi connectivity index (χ1n) is 5.76. The summed E-state index contributed by atoms with van der Waals surface area (Å²) in [5, 5.41) is 10.8. The highest BCUT2D eigenvalue weighted by Crippen LogP contribution is 2.29. The summed E-state index contributed by atoms with van der Waals surface area (Å²) >= 11 is 0. The van der Waals surface area contributed by atoms with Crippen molar-refractivity contribution in [3.05, 3.63) is 57.6 Å². The van der Waals surface area contributed by atoms with Gasteiger partial charge in [0.2, 0.25) is 0 Å². The van der Waals surface area contributed by atoms with E-state index in [4.69, 9.17) is 10.5 Å². The normalized spacial score (nSPS) is 10.2. The summed E-state index contributed by atoms with van der Waals surface area (Å²) in [6.45, 7) is 3.98. The van der Waals surface area contributed by atoms with Crippen LogP contribution in [-0.4, -0.2) is 4.92 Å². The molecule has 2 aromatic rings. The third-order valence-corrected chi connectivity index (χ3v) is 2.84. The van der Waals surface area contributed by atoms with Crippen molar-refractivity contribution in [1.29, 1.82) is 0 Å². The van der Waals surface area contributed by atoms with E-state index in [1.807, 2.05) is 32.0 Å². The lowest BCUT2D eigenvalue weighted by Crippen LogP contribution is -1.94. The van der Waals surface area contributed by atoms with Gasteiger partial charge in [-0.05, 0) is 37.1 Å². The molecule has 0 aliphatic carbocycles. The van der Waals surface area contributed by atoms with Crippen LogP contribution < -0.4 is 10.5 Å². The number of nitrogens with two attached hydrogens (primary N) is 1. The van der Waals surface area contributed by atoms with Crippen LogP contribution in [0.2, 0.25) is 0 Å². The van der Waals surface area contributed by atoms with Gasteiger partial charge >= 0.3 is 0 Å². The van der Waals surface area contributed by atoms with E-state index in [0.29, 0.717) is 17.2 Å². The Balaban J connectivity index is 2.32. The van der Waals surface area contributed by atoms with Gasteiger partial charge in [0.1, 0.15) is 11.5 Å². The Kier molecular flexibility index (Phi) is 3.37. The van der Waals surface area contributed by atoms with Crippen LogP contribution in [0.25, 0.3) is 0 Å². The number of non-ortho nitro benzene ring substituents is 1. The molecule has 2 N–H and O–H groups in total. The molecule has 5 heteroatoms. The molecule has 5 nitrogen and oxygen atoms in total. The average Bonchev–Trinajstić information content (AvgIpc) is 2.33. The molecule has 19 heavy (non-hydrogen) atoms. The van der Waals surface area contributed by atoms with Gasteiger partial charge in [-0.3, -0.25) is 10.1 Å². The maximum atomic E-state index is 10.8. The molecule has 0 heterocycles. The number of ether oxygens (including phenoxy) is 1. The summed E-state index contributed by atoms with van der Waals surface area (Å²) < 4.78 is 5.60. The summed E-state index contributed by atoms with van der Waals surface area (Å²) in [5.41, 5.74) is 8.09. The topological polar surface area (TPSA) is 78.4 Å². The second-order valence-corrected chi connectivity index (χ2v) is 4.37. The minimum Gasteiger partial charge on any atom is -0.457 e. The zero-order valence-electron chi connectivity index (χ0n) is 10.7. The van der Waals surface area contributed by atoms with Gasteiger partial charge in [0, 0.05) is 17.8 Å². The average molecular weight is 258 g/mol. The minimum atomic E-state index is -0.496. The van der Waals surface area contributed by atoms with E-state index in [1.54, 1.807) is 6.07 Å². The Bertz CT molecular complexity index is 639. The molecule has 0 saturated heterocycles. The molecule has 0 radical (unpaired) electrons. The van der Waals surface area contributed by atoms with E-state index in [0.717, 1.165) is 11.1 Å². The van der Waals surface area contributed by atoms with E-state index in [2.05, 4.69) is 0 Å². The molecule has 0 aliphatic heterocycles. The number of nitro benzene ring substituents is 1. The number of benzene rings is 2.